The van der Waals surface area contributed by atoms with Gasteiger partial charge in [0.25, 0.3) is 5.91 Å². The van der Waals surface area contributed by atoms with E-state index in [1.54, 1.807) is 42.5 Å². The van der Waals surface area contributed by atoms with Gasteiger partial charge in [0.05, 0.1) is 17.7 Å². The molecule has 3 aromatic carbocycles. The highest BCUT2D eigenvalue weighted by Gasteiger charge is 2.16. The summed E-state index contributed by atoms with van der Waals surface area (Å²) in [6.07, 6.45) is 0. The summed E-state index contributed by atoms with van der Waals surface area (Å²) in [5, 5.41) is 13.5. The molecule has 0 bridgehead atoms. The second kappa shape index (κ2) is 8.61. The lowest BCUT2D eigenvalue weighted by Gasteiger charge is -2.13. The summed E-state index contributed by atoms with van der Waals surface area (Å²) in [6.45, 7) is 0. The van der Waals surface area contributed by atoms with Gasteiger partial charge in [-0.2, -0.15) is 0 Å². The van der Waals surface area contributed by atoms with E-state index >= 15 is 0 Å². The van der Waals surface area contributed by atoms with Crippen LogP contribution in [0.1, 0.15) is 10.4 Å². The molecule has 144 valence electrons. The molecule has 2 N–H and O–H groups in total. The van der Waals surface area contributed by atoms with E-state index in [0.717, 1.165) is 0 Å². The Balaban J connectivity index is 1.82. The molecule has 0 saturated heterocycles. The molecule has 0 aliphatic rings. The van der Waals surface area contributed by atoms with Gasteiger partial charge < -0.3 is 19.9 Å². The Bertz CT molecular complexity index is 1020. The second-order valence-electron chi connectivity index (χ2n) is 5.66. The van der Waals surface area contributed by atoms with Crippen molar-refractivity contribution < 1.29 is 19.4 Å². The molecular formula is C20H14Cl3NO4. The zero-order valence-electron chi connectivity index (χ0n) is 14.5. The molecule has 28 heavy (non-hydrogen) atoms. The van der Waals surface area contributed by atoms with Gasteiger partial charge in [-0.25, -0.2) is 0 Å². The minimum absolute atomic E-state index is 0.0121. The van der Waals surface area contributed by atoms with Crippen LogP contribution in [0.3, 0.4) is 0 Å². The number of halogens is 3. The number of amides is 1. The van der Waals surface area contributed by atoms with Gasteiger partial charge in [0, 0.05) is 21.8 Å². The first-order valence-corrected chi connectivity index (χ1v) is 9.11. The quantitative estimate of drug-likeness (QED) is 0.483. The number of nitrogens with one attached hydrogen (secondary N) is 1. The molecule has 3 rings (SSSR count). The summed E-state index contributed by atoms with van der Waals surface area (Å²) in [4.78, 5) is 12.5. The lowest BCUT2D eigenvalue weighted by Crippen LogP contribution is -2.12. The van der Waals surface area contributed by atoms with Crippen LogP contribution in [-0.4, -0.2) is 18.1 Å². The van der Waals surface area contributed by atoms with E-state index in [1.165, 1.54) is 19.2 Å². The molecule has 0 aliphatic carbocycles. The van der Waals surface area contributed by atoms with Crippen LogP contribution in [0.4, 0.5) is 5.69 Å². The predicted molar refractivity (Wildman–Crippen MR) is 111 cm³/mol. The highest BCUT2D eigenvalue weighted by molar-refractivity contribution is 6.36. The van der Waals surface area contributed by atoms with E-state index in [-0.39, 0.29) is 21.4 Å². The van der Waals surface area contributed by atoms with Crippen molar-refractivity contribution in [2.24, 2.45) is 0 Å². The number of aromatic hydroxyl groups is 1. The maximum Gasteiger partial charge on any atom is 0.259 e. The van der Waals surface area contributed by atoms with Crippen molar-refractivity contribution in [3.05, 3.63) is 75.2 Å². The van der Waals surface area contributed by atoms with Crippen LogP contribution in [-0.2, 0) is 0 Å². The van der Waals surface area contributed by atoms with Crippen LogP contribution < -0.4 is 14.8 Å². The zero-order valence-corrected chi connectivity index (χ0v) is 16.8. The minimum atomic E-state index is -0.574. The summed E-state index contributed by atoms with van der Waals surface area (Å²) >= 11 is 17.6. The monoisotopic (exact) mass is 437 g/mol. The van der Waals surface area contributed by atoms with Gasteiger partial charge in [-0.05, 0) is 48.5 Å². The fourth-order valence-corrected chi connectivity index (χ4v) is 3.02. The van der Waals surface area contributed by atoms with Gasteiger partial charge in [-0.15, -0.1) is 0 Å². The lowest BCUT2D eigenvalue weighted by molar-refractivity contribution is 0.102. The summed E-state index contributed by atoms with van der Waals surface area (Å²) in [5.41, 5.74) is 0.388. The van der Waals surface area contributed by atoms with Gasteiger partial charge in [0.2, 0.25) is 0 Å². The first kappa shape index (κ1) is 20.1. The van der Waals surface area contributed by atoms with Gasteiger partial charge in [-0.3, -0.25) is 4.79 Å². The number of benzene rings is 3. The van der Waals surface area contributed by atoms with Crippen molar-refractivity contribution in [2.75, 3.05) is 12.4 Å². The number of phenolic OH excluding ortho intramolecular Hbond substituents is 1. The topological polar surface area (TPSA) is 67.8 Å². The van der Waals surface area contributed by atoms with Gasteiger partial charge in [0.15, 0.2) is 11.5 Å². The Morgan fingerprint density at radius 3 is 2.32 bits per heavy atom. The van der Waals surface area contributed by atoms with Gasteiger partial charge in [0.1, 0.15) is 11.5 Å². The van der Waals surface area contributed by atoms with Crippen LogP contribution in [0, 0.1) is 0 Å². The third kappa shape index (κ3) is 4.62. The number of hydrogen-bond acceptors (Lipinski definition) is 4. The van der Waals surface area contributed by atoms with Crippen molar-refractivity contribution in [3.8, 4) is 23.0 Å². The summed E-state index contributed by atoms with van der Waals surface area (Å²) in [7, 11) is 1.48. The number of phenols is 1. The molecule has 0 heterocycles. The maximum absolute atomic E-state index is 12.5. The normalized spacial score (nSPS) is 10.4. The average Bonchev–Trinajstić information content (AvgIpc) is 2.67. The fraction of sp³-hybridized carbons (Fsp3) is 0.0500. The largest absolute Gasteiger partial charge is 0.506 e. The number of hydrogen-bond donors (Lipinski definition) is 2. The molecule has 0 aliphatic heterocycles. The average molecular weight is 439 g/mol. The predicted octanol–water partition coefficient (Wildman–Crippen LogP) is 6.41. The van der Waals surface area contributed by atoms with E-state index in [4.69, 9.17) is 44.3 Å². The molecule has 0 aromatic heterocycles. The van der Waals surface area contributed by atoms with Crippen molar-refractivity contribution >= 4 is 46.4 Å². The van der Waals surface area contributed by atoms with E-state index in [1.807, 2.05) is 0 Å². The number of ether oxygens (including phenoxy) is 2. The fourth-order valence-electron chi connectivity index (χ4n) is 2.40. The maximum atomic E-state index is 12.5. The Morgan fingerprint density at radius 2 is 1.64 bits per heavy atom. The third-order valence-corrected chi connectivity index (χ3v) is 4.49. The molecule has 0 spiro atoms. The molecule has 0 radical (unpaired) electrons. The smallest absolute Gasteiger partial charge is 0.259 e. The highest BCUT2D eigenvalue weighted by Crippen LogP contribution is 2.35. The molecule has 5 nitrogen and oxygen atoms in total. The Kier molecular flexibility index (Phi) is 6.19. The Hall–Kier alpha value is -2.60. The van der Waals surface area contributed by atoms with E-state index < -0.39 is 5.91 Å². The molecule has 1 amide bonds. The van der Waals surface area contributed by atoms with E-state index in [2.05, 4.69) is 5.32 Å². The molecule has 0 unspecified atom stereocenters. The molecule has 0 saturated carbocycles. The van der Waals surface area contributed by atoms with Crippen molar-refractivity contribution in [3.63, 3.8) is 0 Å². The third-order valence-electron chi connectivity index (χ3n) is 3.74. The van der Waals surface area contributed by atoms with Gasteiger partial charge >= 0.3 is 0 Å². The first-order chi connectivity index (χ1) is 13.4. The zero-order chi connectivity index (χ0) is 20.3. The van der Waals surface area contributed by atoms with Crippen molar-refractivity contribution in [1.29, 1.82) is 0 Å². The molecule has 0 atom stereocenters. The van der Waals surface area contributed by atoms with E-state index in [9.17, 15) is 9.90 Å². The van der Waals surface area contributed by atoms with Crippen LogP contribution >= 0.6 is 34.8 Å². The Morgan fingerprint density at radius 1 is 0.929 bits per heavy atom. The highest BCUT2D eigenvalue weighted by atomic mass is 35.5. The Labute approximate surface area is 176 Å². The van der Waals surface area contributed by atoms with Crippen LogP contribution in [0.2, 0.25) is 15.1 Å². The molecule has 3 aromatic rings. The number of anilines is 1. The number of carbonyl (C=O) groups is 1. The van der Waals surface area contributed by atoms with Crippen molar-refractivity contribution in [1.82, 2.24) is 0 Å². The number of carbonyl (C=O) groups excluding carboxylic acids is 1. The molecule has 0 fully saturated rings. The minimum Gasteiger partial charge on any atom is -0.506 e. The molecular weight excluding hydrogens is 425 g/mol. The van der Waals surface area contributed by atoms with Gasteiger partial charge in [-0.1, -0.05) is 34.8 Å². The SMILES string of the molecule is COc1cc(NC(=O)c2cc(Cl)cc(Cl)c2O)ccc1Oc1ccc(Cl)cc1. The van der Waals surface area contributed by atoms with E-state index in [0.29, 0.717) is 28.0 Å². The van der Waals surface area contributed by atoms with Crippen LogP contribution in [0.15, 0.2) is 54.6 Å². The van der Waals surface area contributed by atoms with Crippen LogP contribution in [0.5, 0.6) is 23.0 Å². The number of rotatable bonds is 5. The summed E-state index contributed by atoms with van der Waals surface area (Å²) in [6, 6.07) is 14.4. The summed E-state index contributed by atoms with van der Waals surface area (Å²) in [5.74, 6) is 0.518. The van der Waals surface area contributed by atoms with Crippen LogP contribution in [0.25, 0.3) is 0 Å². The first-order valence-electron chi connectivity index (χ1n) is 7.98. The summed E-state index contributed by atoms with van der Waals surface area (Å²) < 4.78 is 11.1. The second-order valence-corrected chi connectivity index (χ2v) is 6.94. The number of methoxy groups -OCH3 is 1. The lowest BCUT2D eigenvalue weighted by atomic mass is 10.1. The van der Waals surface area contributed by atoms with Crippen molar-refractivity contribution in [2.45, 2.75) is 0 Å². The molecule has 8 heteroatoms. The standard InChI is InChI=1S/C20H14Cl3NO4/c1-27-18-10-13(4-7-17(18)28-14-5-2-11(21)3-6-14)24-20(26)15-8-12(22)9-16(23)19(15)25/h2-10,25H,1H3,(H,24,26).